The maximum Gasteiger partial charge on any atom is 0.230 e. The molecule has 1 aromatic carbocycles. The molecule has 1 unspecified atom stereocenters. The molecule has 2 aliphatic heterocycles. The van der Waals surface area contributed by atoms with Crippen molar-refractivity contribution in [1.29, 1.82) is 0 Å². The Kier molecular flexibility index (Phi) is 4.38. The molecule has 0 N–H and O–H groups in total. The second-order valence-electron chi connectivity index (χ2n) is 7.05. The predicted molar refractivity (Wildman–Crippen MR) is 98.8 cm³/mol. The average Bonchev–Trinajstić information content (AvgIpc) is 2.69. The Hall–Kier alpha value is -2.43. The first kappa shape index (κ1) is 16.1. The smallest absolute Gasteiger partial charge is 0.230 e. The van der Waals surface area contributed by atoms with Crippen molar-refractivity contribution in [2.45, 2.75) is 32.1 Å². The minimum Gasteiger partial charge on any atom is -0.341 e. The quantitative estimate of drug-likeness (QED) is 0.845. The molecule has 1 amide bonds. The lowest BCUT2D eigenvalue weighted by Crippen LogP contribution is -2.45. The zero-order chi connectivity index (χ0) is 17.2. The molecule has 0 bridgehead atoms. The number of amides is 1. The van der Waals surface area contributed by atoms with Gasteiger partial charge in [0.05, 0.1) is 0 Å². The minimum absolute atomic E-state index is 0.0985. The number of fused-ring (bicyclic) bond motifs is 1. The van der Waals surface area contributed by atoms with E-state index >= 15 is 0 Å². The van der Waals surface area contributed by atoms with E-state index in [-0.39, 0.29) is 11.8 Å². The van der Waals surface area contributed by atoms with Crippen LogP contribution in [0.1, 0.15) is 37.7 Å². The maximum atomic E-state index is 13.1. The molecule has 1 aromatic heterocycles. The summed E-state index contributed by atoms with van der Waals surface area (Å²) in [5.74, 6) is 1.68. The largest absolute Gasteiger partial charge is 0.341 e. The third kappa shape index (κ3) is 3.11. The molecule has 3 heterocycles. The van der Waals surface area contributed by atoms with E-state index in [0.29, 0.717) is 5.92 Å². The summed E-state index contributed by atoms with van der Waals surface area (Å²) in [5, 5.41) is 0. The third-order valence-corrected chi connectivity index (χ3v) is 5.49. The number of para-hydroxylation sites is 1. The summed E-state index contributed by atoms with van der Waals surface area (Å²) < 4.78 is 0. The van der Waals surface area contributed by atoms with Crippen LogP contribution in [0.15, 0.2) is 42.7 Å². The average molecular weight is 336 g/mol. The van der Waals surface area contributed by atoms with Crippen molar-refractivity contribution in [2.24, 2.45) is 5.92 Å². The second-order valence-corrected chi connectivity index (χ2v) is 7.05. The molecule has 0 spiro atoms. The monoisotopic (exact) mass is 336 g/mol. The van der Waals surface area contributed by atoms with E-state index in [4.69, 9.17) is 0 Å². The molecule has 4 rings (SSSR count). The molecular weight excluding hydrogens is 312 g/mol. The highest BCUT2D eigenvalue weighted by Gasteiger charge is 2.33. The van der Waals surface area contributed by atoms with E-state index in [1.165, 1.54) is 5.56 Å². The van der Waals surface area contributed by atoms with Gasteiger partial charge in [0.2, 0.25) is 11.9 Å². The normalized spacial score (nSPS) is 21.1. The van der Waals surface area contributed by atoms with Crippen LogP contribution < -0.4 is 9.80 Å². The van der Waals surface area contributed by atoms with Crippen LogP contribution in [0.5, 0.6) is 0 Å². The van der Waals surface area contributed by atoms with E-state index in [9.17, 15) is 4.79 Å². The first-order chi connectivity index (χ1) is 12.2. The second kappa shape index (κ2) is 6.82. The molecule has 5 nitrogen and oxygen atoms in total. The van der Waals surface area contributed by atoms with E-state index in [1.54, 1.807) is 12.4 Å². The first-order valence-corrected chi connectivity index (χ1v) is 9.16. The Labute approximate surface area is 148 Å². The van der Waals surface area contributed by atoms with Crippen molar-refractivity contribution < 1.29 is 4.79 Å². The molecule has 5 heteroatoms. The highest BCUT2D eigenvalue weighted by atomic mass is 16.2. The maximum absolute atomic E-state index is 13.1. The molecule has 1 fully saturated rings. The molecule has 1 atom stereocenters. The standard InChI is InChI=1S/C20H24N4O/c1-15-7-14-24(18-6-3-2-5-17(15)18)19(25)16-8-12-23(13-9-16)20-21-10-4-11-22-20/h2-6,10-11,15-16H,7-9,12-14H2,1H3. The molecule has 2 aromatic rings. The molecule has 25 heavy (non-hydrogen) atoms. The van der Waals surface area contributed by atoms with Gasteiger partial charge in [0.15, 0.2) is 0 Å². The fourth-order valence-electron chi connectivity index (χ4n) is 3.98. The Morgan fingerprint density at radius 2 is 1.72 bits per heavy atom. The summed E-state index contributed by atoms with van der Waals surface area (Å²) in [4.78, 5) is 26.0. The number of hydrogen-bond donors (Lipinski definition) is 0. The summed E-state index contributed by atoms with van der Waals surface area (Å²) in [5.41, 5.74) is 2.41. The highest BCUT2D eigenvalue weighted by molar-refractivity contribution is 5.96. The lowest BCUT2D eigenvalue weighted by molar-refractivity contribution is -0.123. The van der Waals surface area contributed by atoms with Crippen molar-refractivity contribution in [3.05, 3.63) is 48.3 Å². The molecule has 0 saturated carbocycles. The fourth-order valence-corrected chi connectivity index (χ4v) is 3.98. The first-order valence-electron chi connectivity index (χ1n) is 9.16. The van der Waals surface area contributed by atoms with Crippen LogP contribution in [0.3, 0.4) is 0 Å². The van der Waals surface area contributed by atoms with E-state index in [2.05, 4.69) is 40.0 Å². The van der Waals surface area contributed by atoms with E-state index in [0.717, 1.165) is 50.5 Å². The van der Waals surface area contributed by atoms with Crippen LogP contribution in [0.4, 0.5) is 11.6 Å². The molecule has 2 aliphatic rings. The van der Waals surface area contributed by atoms with Gasteiger partial charge in [-0.25, -0.2) is 9.97 Å². The van der Waals surface area contributed by atoms with Crippen LogP contribution in [-0.4, -0.2) is 35.5 Å². The van der Waals surface area contributed by atoms with Gasteiger partial charge in [0, 0.05) is 43.6 Å². The predicted octanol–water partition coefficient (Wildman–Crippen LogP) is 3.23. The van der Waals surface area contributed by atoms with Gasteiger partial charge in [-0.05, 0) is 42.9 Å². The van der Waals surface area contributed by atoms with E-state index < -0.39 is 0 Å². The van der Waals surface area contributed by atoms with Crippen molar-refractivity contribution in [1.82, 2.24) is 9.97 Å². The molecule has 0 radical (unpaired) electrons. The minimum atomic E-state index is 0.0985. The number of piperidine rings is 1. The van der Waals surface area contributed by atoms with E-state index in [1.807, 2.05) is 17.0 Å². The number of anilines is 2. The van der Waals surface area contributed by atoms with Gasteiger partial charge >= 0.3 is 0 Å². The summed E-state index contributed by atoms with van der Waals surface area (Å²) in [7, 11) is 0. The van der Waals surface area contributed by atoms with Gasteiger partial charge in [-0.15, -0.1) is 0 Å². The zero-order valence-corrected chi connectivity index (χ0v) is 14.6. The SMILES string of the molecule is CC1CCN(C(=O)C2CCN(c3ncccn3)CC2)c2ccccc21. The summed E-state index contributed by atoms with van der Waals surface area (Å²) >= 11 is 0. The number of hydrogen-bond acceptors (Lipinski definition) is 4. The highest BCUT2D eigenvalue weighted by Crippen LogP contribution is 2.36. The number of aromatic nitrogens is 2. The zero-order valence-electron chi connectivity index (χ0n) is 14.6. The number of nitrogens with zero attached hydrogens (tertiary/aromatic N) is 4. The number of rotatable bonds is 2. The Morgan fingerprint density at radius 1 is 1.00 bits per heavy atom. The van der Waals surface area contributed by atoms with Crippen LogP contribution in [-0.2, 0) is 4.79 Å². The van der Waals surface area contributed by atoms with Crippen LogP contribution in [0.25, 0.3) is 0 Å². The topological polar surface area (TPSA) is 49.3 Å². The number of benzene rings is 1. The van der Waals surface area contributed by atoms with Crippen LogP contribution in [0.2, 0.25) is 0 Å². The third-order valence-electron chi connectivity index (χ3n) is 5.49. The van der Waals surface area contributed by atoms with Gasteiger partial charge in [-0.1, -0.05) is 25.1 Å². The summed E-state index contributed by atoms with van der Waals surface area (Å²) in [6, 6.07) is 10.2. The lowest BCUT2D eigenvalue weighted by Gasteiger charge is -2.37. The summed E-state index contributed by atoms with van der Waals surface area (Å²) in [6.07, 6.45) is 6.31. The van der Waals surface area contributed by atoms with Gasteiger partial charge in [-0.2, -0.15) is 0 Å². The molecule has 1 saturated heterocycles. The Balaban J connectivity index is 1.46. The van der Waals surface area contributed by atoms with Gasteiger partial charge in [0.25, 0.3) is 0 Å². The van der Waals surface area contributed by atoms with Crippen molar-refractivity contribution in [3.63, 3.8) is 0 Å². The van der Waals surface area contributed by atoms with Gasteiger partial charge in [0.1, 0.15) is 0 Å². The van der Waals surface area contributed by atoms with Crippen LogP contribution >= 0.6 is 0 Å². The van der Waals surface area contributed by atoms with Crippen molar-refractivity contribution in [3.8, 4) is 0 Å². The summed E-state index contributed by atoms with van der Waals surface area (Å²) in [6.45, 7) is 4.76. The lowest BCUT2D eigenvalue weighted by atomic mass is 9.89. The van der Waals surface area contributed by atoms with Gasteiger partial charge < -0.3 is 9.80 Å². The number of carbonyl (C=O) groups excluding carboxylic acids is 1. The fraction of sp³-hybridized carbons (Fsp3) is 0.450. The molecule has 130 valence electrons. The number of carbonyl (C=O) groups is 1. The van der Waals surface area contributed by atoms with Crippen molar-refractivity contribution >= 4 is 17.5 Å². The van der Waals surface area contributed by atoms with Gasteiger partial charge in [-0.3, -0.25) is 4.79 Å². The Bertz CT molecular complexity index is 740. The molecule has 0 aliphatic carbocycles. The van der Waals surface area contributed by atoms with Crippen LogP contribution in [0, 0.1) is 5.92 Å². The molecular formula is C20H24N4O. The Morgan fingerprint density at radius 3 is 2.48 bits per heavy atom. The van der Waals surface area contributed by atoms with Crippen molar-refractivity contribution in [2.75, 3.05) is 29.4 Å².